The molecule has 0 aromatic heterocycles. The predicted octanol–water partition coefficient (Wildman–Crippen LogP) is 3.74. The molecule has 0 spiro atoms. The normalized spacial score (nSPS) is 10.6. The maximum absolute atomic E-state index is 13.1. The van der Waals surface area contributed by atoms with Crippen molar-refractivity contribution in [3.05, 3.63) is 58.6 Å². The van der Waals surface area contributed by atoms with Crippen LogP contribution in [0.15, 0.2) is 36.4 Å². The van der Waals surface area contributed by atoms with Gasteiger partial charge in [-0.05, 0) is 23.3 Å². The zero-order chi connectivity index (χ0) is 12.4. The van der Waals surface area contributed by atoms with Crippen molar-refractivity contribution in [2.24, 2.45) is 5.73 Å². The number of nitrogens with two attached hydrogens (primary N) is 1. The highest BCUT2D eigenvalue weighted by Gasteiger charge is 2.09. The topological polar surface area (TPSA) is 26.0 Å². The molecule has 0 bridgehead atoms. The van der Waals surface area contributed by atoms with Crippen molar-refractivity contribution in [1.29, 1.82) is 0 Å². The van der Waals surface area contributed by atoms with Crippen molar-refractivity contribution in [2.75, 3.05) is 0 Å². The van der Waals surface area contributed by atoms with Crippen LogP contribution < -0.4 is 5.73 Å². The van der Waals surface area contributed by atoms with Crippen molar-refractivity contribution in [2.45, 2.75) is 6.54 Å². The lowest BCUT2D eigenvalue weighted by molar-refractivity contribution is 0.509. The Kier molecular flexibility index (Phi) is 3.41. The fourth-order valence-corrected chi connectivity index (χ4v) is 1.82. The van der Waals surface area contributed by atoms with Gasteiger partial charge in [0.2, 0.25) is 0 Å². The number of rotatable bonds is 2. The van der Waals surface area contributed by atoms with Gasteiger partial charge >= 0.3 is 0 Å². The van der Waals surface area contributed by atoms with Crippen LogP contribution in [0.5, 0.6) is 0 Å². The Morgan fingerprint density at radius 2 is 1.59 bits per heavy atom. The first-order chi connectivity index (χ1) is 8.11. The second-order valence-corrected chi connectivity index (χ2v) is 4.05. The summed E-state index contributed by atoms with van der Waals surface area (Å²) in [5, 5.41) is 0.185. The minimum atomic E-state index is -0.947. The third kappa shape index (κ3) is 2.46. The third-order valence-electron chi connectivity index (χ3n) is 2.51. The van der Waals surface area contributed by atoms with Gasteiger partial charge in [0.25, 0.3) is 0 Å². The average Bonchev–Trinajstić information content (AvgIpc) is 2.34. The molecule has 0 heterocycles. The van der Waals surface area contributed by atoms with Gasteiger partial charge in [-0.1, -0.05) is 35.9 Å². The van der Waals surface area contributed by atoms with Gasteiger partial charge in [0.15, 0.2) is 11.6 Å². The number of hydrogen-bond donors (Lipinski definition) is 1. The molecule has 0 unspecified atom stereocenters. The predicted molar refractivity (Wildman–Crippen MR) is 64.7 cm³/mol. The molecule has 2 aromatic carbocycles. The molecule has 0 saturated carbocycles. The molecule has 0 fully saturated rings. The van der Waals surface area contributed by atoms with Crippen molar-refractivity contribution >= 4 is 11.6 Å². The van der Waals surface area contributed by atoms with E-state index in [1.54, 1.807) is 12.1 Å². The van der Waals surface area contributed by atoms with Gasteiger partial charge in [0.05, 0.1) is 5.02 Å². The van der Waals surface area contributed by atoms with Crippen LogP contribution in [0.25, 0.3) is 11.1 Å². The summed E-state index contributed by atoms with van der Waals surface area (Å²) in [6.45, 7) is 0.436. The zero-order valence-electron chi connectivity index (χ0n) is 8.88. The molecule has 2 rings (SSSR count). The second kappa shape index (κ2) is 4.82. The van der Waals surface area contributed by atoms with Gasteiger partial charge in [-0.2, -0.15) is 0 Å². The van der Waals surface area contributed by atoms with Crippen LogP contribution in [0.2, 0.25) is 5.02 Å². The van der Waals surface area contributed by atoms with Crippen LogP contribution in [0.4, 0.5) is 8.78 Å². The van der Waals surface area contributed by atoms with Crippen molar-refractivity contribution in [3.63, 3.8) is 0 Å². The van der Waals surface area contributed by atoms with E-state index in [4.69, 9.17) is 17.3 Å². The van der Waals surface area contributed by atoms with Crippen molar-refractivity contribution < 1.29 is 8.78 Å². The van der Waals surface area contributed by atoms with E-state index in [1.807, 2.05) is 12.1 Å². The second-order valence-electron chi connectivity index (χ2n) is 3.65. The Labute approximate surface area is 103 Å². The van der Waals surface area contributed by atoms with E-state index < -0.39 is 11.6 Å². The molecule has 0 radical (unpaired) electrons. The first-order valence-electron chi connectivity index (χ1n) is 5.05. The summed E-state index contributed by atoms with van der Waals surface area (Å²) in [5.74, 6) is -1.86. The largest absolute Gasteiger partial charge is 0.326 e. The van der Waals surface area contributed by atoms with E-state index in [0.29, 0.717) is 12.1 Å². The maximum atomic E-state index is 13.1. The average molecular weight is 254 g/mol. The molecule has 0 saturated heterocycles. The first-order valence-corrected chi connectivity index (χ1v) is 5.43. The van der Waals surface area contributed by atoms with Gasteiger partial charge < -0.3 is 5.73 Å². The zero-order valence-corrected chi connectivity index (χ0v) is 9.64. The van der Waals surface area contributed by atoms with Crippen LogP contribution in [-0.4, -0.2) is 0 Å². The van der Waals surface area contributed by atoms with Crippen LogP contribution in [0.1, 0.15) is 5.56 Å². The highest BCUT2D eigenvalue weighted by Crippen LogP contribution is 2.30. The van der Waals surface area contributed by atoms with Crippen molar-refractivity contribution in [3.8, 4) is 11.1 Å². The van der Waals surface area contributed by atoms with Gasteiger partial charge in [-0.3, -0.25) is 0 Å². The minimum Gasteiger partial charge on any atom is -0.326 e. The molecule has 0 atom stereocenters. The fraction of sp³-hybridized carbons (Fsp3) is 0.0769. The standard InChI is InChI=1S/C13H10ClF2N/c14-11-6-13(16)12(15)5-10(11)9-3-1-8(7-17)2-4-9/h1-6H,7,17H2. The molecule has 0 aliphatic rings. The molecular formula is C13H10ClF2N. The highest BCUT2D eigenvalue weighted by molar-refractivity contribution is 6.33. The Bertz CT molecular complexity index is 538. The summed E-state index contributed by atoms with van der Waals surface area (Å²) in [4.78, 5) is 0. The number of benzene rings is 2. The van der Waals surface area contributed by atoms with E-state index in [1.165, 1.54) is 0 Å². The van der Waals surface area contributed by atoms with Crippen LogP contribution in [0.3, 0.4) is 0 Å². The Morgan fingerprint density at radius 3 is 2.18 bits per heavy atom. The van der Waals surface area contributed by atoms with E-state index in [0.717, 1.165) is 23.3 Å². The molecule has 0 amide bonds. The number of halogens is 3. The summed E-state index contributed by atoms with van der Waals surface area (Å²) in [5.41, 5.74) is 7.64. The smallest absolute Gasteiger partial charge is 0.160 e. The van der Waals surface area contributed by atoms with Crippen LogP contribution in [0, 0.1) is 11.6 Å². The Balaban J connectivity index is 2.48. The highest BCUT2D eigenvalue weighted by atomic mass is 35.5. The lowest BCUT2D eigenvalue weighted by Crippen LogP contribution is -1.95. The van der Waals surface area contributed by atoms with Gasteiger partial charge in [0, 0.05) is 12.1 Å². The molecule has 17 heavy (non-hydrogen) atoms. The molecule has 0 aliphatic carbocycles. The van der Waals surface area contributed by atoms with Crippen LogP contribution in [-0.2, 0) is 6.54 Å². The summed E-state index contributed by atoms with van der Waals surface area (Å²) in [6.07, 6.45) is 0. The monoisotopic (exact) mass is 253 g/mol. The van der Waals surface area contributed by atoms with Gasteiger partial charge in [-0.15, -0.1) is 0 Å². The molecule has 0 aliphatic heterocycles. The molecule has 2 N–H and O–H groups in total. The SMILES string of the molecule is NCc1ccc(-c2cc(F)c(F)cc2Cl)cc1. The molecule has 4 heteroatoms. The van der Waals surface area contributed by atoms with E-state index in [2.05, 4.69) is 0 Å². The summed E-state index contributed by atoms with van der Waals surface area (Å²) < 4.78 is 26.1. The lowest BCUT2D eigenvalue weighted by Gasteiger charge is -2.06. The van der Waals surface area contributed by atoms with E-state index in [9.17, 15) is 8.78 Å². The first kappa shape index (κ1) is 12.0. The summed E-state index contributed by atoms with van der Waals surface area (Å²) in [6, 6.07) is 9.28. The minimum absolute atomic E-state index is 0.185. The molecule has 2 aromatic rings. The quantitative estimate of drug-likeness (QED) is 0.811. The van der Waals surface area contributed by atoms with Gasteiger partial charge in [0.1, 0.15) is 0 Å². The Morgan fingerprint density at radius 1 is 1.00 bits per heavy atom. The van der Waals surface area contributed by atoms with E-state index in [-0.39, 0.29) is 5.02 Å². The molecular weight excluding hydrogens is 244 g/mol. The summed E-state index contributed by atoms with van der Waals surface area (Å²) >= 11 is 5.88. The lowest BCUT2D eigenvalue weighted by atomic mass is 10.0. The van der Waals surface area contributed by atoms with Crippen LogP contribution >= 0.6 is 11.6 Å². The fourth-order valence-electron chi connectivity index (χ4n) is 1.56. The summed E-state index contributed by atoms with van der Waals surface area (Å²) in [7, 11) is 0. The van der Waals surface area contributed by atoms with Crippen molar-refractivity contribution in [1.82, 2.24) is 0 Å². The molecule has 1 nitrogen and oxygen atoms in total. The molecule has 88 valence electrons. The van der Waals surface area contributed by atoms with Gasteiger partial charge in [-0.25, -0.2) is 8.78 Å². The maximum Gasteiger partial charge on any atom is 0.160 e. The third-order valence-corrected chi connectivity index (χ3v) is 2.82. The number of hydrogen-bond acceptors (Lipinski definition) is 1. The van der Waals surface area contributed by atoms with E-state index >= 15 is 0 Å². The Hall–Kier alpha value is -1.45.